The number of carboxylic acid groups (broad SMARTS) is 1. The Morgan fingerprint density at radius 1 is 1.70 bits per heavy atom. The number of thioether (sulfide) groups is 1. The van der Waals surface area contributed by atoms with Crippen LogP contribution < -0.4 is 0 Å². The quantitative estimate of drug-likeness (QED) is 0.588. The van der Waals surface area contributed by atoms with Crippen LogP contribution in [0.2, 0.25) is 0 Å². The fourth-order valence-corrected chi connectivity index (χ4v) is 2.05. The van der Waals surface area contributed by atoms with E-state index >= 15 is 0 Å². The largest absolute Gasteiger partial charge is 0.478 e. The smallest absolute Gasteiger partial charge is 0.331 e. The van der Waals surface area contributed by atoms with Crippen molar-refractivity contribution in [1.82, 2.24) is 0 Å². The van der Waals surface area contributed by atoms with Crippen molar-refractivity contribution in [3.63, 3.8) is 0 Å². The Kier molecular flexibility index (Phi) is 2.38. The minimum atomic E-state index is -0.766. The van der Waals surface area contributed by atoms with E-state index in [4.69, 9.17) is 5.11 Å². The Hall–Kier alpha value is -0.440. The van der Waals surface area contributed by atoms with Crippen LogP contribution in [0.15, 0.2) is 11.1 Å². The molecule has 1 aliphatic rings. The van der Waals surface area contributed by atoms with Crippen molar-refractivity contribution < 1.29 is 9.90 Å². The average molecular weight is 158 g/mol. The van der Waals surface area contributed by atoms with Crippen LogP contribution in [0, 0.1) is 0 Å². The Morgan fingerprint density at radius 3 is 2.80 bits per heavy atom. The van der Waals surface area contributed by atoms with Crippen LogP contribution in [0.5, 0.6) is 0 Å². The van der Waals surface area contributed by atoms with Gasteiger partial charge in [-0.25, -0.2) is 4.79 Å². The summed E-state index contributed by atoms with van der Waals surface area (Å²) in [5.41, 5.74) is 1.66. The van der Waals surface area contributed by atoms with E-state index in [1.54, 1.807) is 18.7 Å². The van der Waals surface area contributed by atoms with Gasteiger partial charge in [-0.05, 0) is 24.7 Å². The van der Waals surface area contributed by atoms with Gasteiger partial charge < -0.3 is 5.11 Å². The minimum Gasteiger partial charge on any atom is -0.478 e. The summed E-state index contributed by atoms with van der Waals surface area (Å²) in [4.78, 5) is 10.4. The molecule has 2 nitrogen and oxygen atoms in total. The molecule has 0 bridgehead atoms. The summed E-state index contributed by atoms with van der Waals surface area (Å²) in [6, 6.07) is 0. The second-order valence-electron chi connectivity index (χ2n) is 2.34. The first-order chi connectivity index (χ1) is 4.72. The summed E-state index contributed by atoms with van der Waals surface area (Å²) in [6.07, 6.45) is 0.961. The van der Waals surface area contributed by atoms with Crippen molar-refractivity contribution in [1.29, 1.82) is 0 Å². The molecule has 0 radical (unpaired) electrons. The highest BCUT2D eigenvalue weighted by atomic mass is 32.2. The predicted molar refractivity (Wildman–Crippen MR) is 42.3 cm³/mol. The van der Waals surface area contributed by atoms with Crippen molar-refractivity contribution in [3.8, 4) is 0 Å². The molecule has 0 unspecified atom stereocenters. The molecular formula is C7H10O2S. The molecule has 0 aromatic rings. The maximum atomic E-state index is 10.4. The topological polar surface area (TPSA) is 37.3 Å². The van der Waals surface area contributed by atoms with Gasteiger partial charge in [0, 0.05) is 11.3 Å². The molecule has 1 N–H and O–H groups in total. The van der Waals surface area contributed by atoms with Crippen LogP contribution in [-0.2, 0) is 4.79 Å². The Morgan fingerprint density at radius 2 is 2.40 bits per heavy atom. The lowest BCUT2D eigenvalue weighted by Gasteiger charge is -1.97. The molecule has 0 saturated carbocycles. The lowest BCUT2D eigenvalue weighted by molar-refractivity contribution is -0.132. The molecular weight excluding hydrogens is 148 g/mol. The van der Waals surface area contributed by atoms with Gasteiger partial charge in [0.05, 0.1) is 0 Å². The highest BCUT2D eigenvalue weighted by Gasteiger charge is 2.13. The highest BCUT2D eigenvalue weighted by molar-refractivity contribution is 7.99. The van der Waals surface area contributed by atoms with Gasteiger partial charge in [-0.1, -0.05) is 0 Å². The molecule has 56 valence electrons. The molecule has 10 heavy (non-hydrogen) atoms. The van der Waals surface area contributed by atoms with Gasteiger partial charge in [-0.3, -0.25) is 0 Å². The van der Waals surface area contributed by atoms with Crippen molar-refractivity contribution >= 4 is 17.7 Å². The summed E-state index contributed by atoms with van der Waals surface area (Å²) < 4.78 is 0. The van der Waals surface area contributed by atoms with Gasteiger partial charge in [-0.15, -0.1) is 0 Å². The Labute approximate surface area is 64.3 Å². The molecule has 3 heteroatoms. The van der Waals surface area contributed by atoms with E-state index in [2.05, 4.69) is 0 Å². The molecule has 0 aromatic carbocycles. The maximum Gasteiger partial charge on any atom is 0.331 e. The number of carboxylic acids is 1. The fraction of sp³-hybridized carbons (Fsp3) is 0.571. The van der Waals surface area contributed by atoms with Crippen LogP contribution >= 0.6 is 11.8 Å². The number of carbonyl (C=O) groups is 1. The summed E-state index contributed by atoms with van der Waals surface area (Å²) >= 11 is 1.81. The van der Waals surface area contributed by atoms with Crippen LogP contribution in [-0.4, -0.2) is 22.6 Å². The van der Waals surface area contributed by atoms with Crippen molar-refractivity contribution in [2.24, 2.45) is 0 Å². The summed E-state index contributed by atoms with van der Waals surface area (Å²) in [7, 11) is 0. The predicted octanol–water partition coefficient (Wildman–Crippen LogP) is 1.52. The molecule has 1 heterocycles. The lowest BCUT2D eigenvalue weighted by atomic mass is 10.1. The fourth-order valence-electron chi connectivity index (χ4n) is 0.910. The van der Waals surface area contributed by atoms with Gasteiger partial charge >= 0.3 is 5.97 Å². The van der Waals surface area contributed by atoms with E-state index in [0.717, 1.165) is 23.5 Å². The maximum absolute atomic E-state index is 10.4. The van der Waals surface area contributed by atoms with Gasteiger partial charge in [0.15, 0.2) is 0 Å². The molecule has 0 amide bonds. The second kappa shape index (κ2) is 3.10. The van der Waals surface area contributed by atoms with Crippen LogP contribution in [0.1, 0.15) is 13.3 Å². The molecule has 1 fully saturated rings. The summed E-state index contributed by atoms with van der Waals surface area (Å²) in [6.45, 7) is 1.68. The highest BCUT2D eigenvalue weighted by Crippen LogP contribution is 2.25. The van der Waals surface area contributed by atoms with Crippen molar-refractivity contribution in [2.45, 2.75) is 13.3 Å². The summed E-state index contributed by atoms with van der Waals surface area (Å²) in [5, 5.41) is 8.58. The molecule has 1 rings (SSSR count). The third-order valence-corrected chi connectivity index (χ3v) is 2.72. The van der Waals surface area contributed by atoms with E-state index in [9.17, 15) is 4.79 Å². The Bertz CT molecular complexity index is 176. The first-order valence-electron chi connectivity index (χ1n) is 3.21. The van der Waals surface area contributed by atoms with Crippen LogP contribution in [0.4, 0.5) is 0 Å². The first-order valence-corrected chi connectivity index (χ1v) is 4.37. The molecule has 1 aliphatic heterocycles. The monoisotopic (exact) mass is 158 g/mol. The normalized spacial score (nSPS) is 22.9. The van der Waals surface area contributed by atoms with Gasteiger partial charge in [-0.2, -0.15) is 11.8 Å². The Balaban J connectivity index is 2.73. The lowest BCUT2D eigenvalue weighted by Crippen LogP contribution is -2.00. The van der Waals surface area contributed by atoms with E-state index < -0.39 is 5.97 Å². The molecule has 0 aliphatic carbocycles. The van der Waals surface area contributed by atoms with Crippen molar-refractivity contribution in [2.75, 3.05) is 11.5 Å². The van der Waals surface area contributed by atoms with E-state index in [1.807, 2.05) is 0 Å². The standard InChI is InChI=1S/C7H10O2S/c1-5(7(8)9)6-2-3-10-4-6/h2-4H2,1H3,(H,8,9). The number of rotatable bonds is 1. The van der Waals surface area contributed by atoms with Gasteiger partial charge in [0.1, 0.15) is 0 Å². The van der Waals surface area contributed by atoms with Crippen molar-refractivity contribution in [3.05, 3.63) is 11.1 Å². The zero-order chi connectivity index (χ0) is 7.56. The van der Waals surface area contributed by atoms with E-state index in [-0.39, 0.29) is 0 Å². The number of hydrogen-bond donors (Lipinski definition) is 1. The van der Waals surface area contributed by atoms with Gasteiger partial charge in [0.2, 0.25) is 0 Å². The third kappa shape index (κ3) is 1.53. The zero-order valence-corrected chi connectivity index (χ0v) is 6.70. The number of aliphatic carboxylic acids is 1. The van der Waals surface area contributed by atoms with Gasteiger partial charge in [0.25, 0.3) is 0 Å². The zero-order valence-electron chi connectivity index (χ0n) is 5.89. The van der Waals surface area contributed by atoms with Crippen LogP contribution in [0.25, 0.3) is 0 Å². The molecule has 0 spiro atoms. The SMILES string of the molecule is CC(C(=O)O)=C1CCSC1. The first kappa shape index (κ1) is 7.66. The average Bonchev–Trinajstić information content (AvgIpc) is 2.36. The molecule has 0 atom stereocenters. The minimum absolute atomic E-state index is 0.546. The third-order valence-electron chi connectivity index (χ3n) is 1.68. The van der Waals surface area contributed by atoms with E-state index in [1.165, 1.54) is 0 Å². The van der Waals surface area contributed by atoms with E-state index in [0.29, 0.717) is 5.57 Å². The molecule has 0 aromatic heterocycles. The number of hydrogen-bond acceptors (Lipinski definition) is 2. The second-order valence-corrected chi connectivity index (χ2v) is 3.44. The molecule has 1 saturated heterocycles. The van der Waals surface area contributed by atoms with Crippen LogP contribution in [0.3, 0.4) is 0 Å². The summed E-state index contributed by atoms with van der Waals surface area (Å²) in [5.74, 6) is 1.23.